The molecule has 152 valence electrons. The van der Waals surface area contributed by atoms with Gasteiger partial charge in [0.05, 0.1) is 12.7 Å². The van der Waals surface area contributed by atoms with Crippen LogP contribution in [0.3, 0.4) is 0 Å². The number of carbonyl (C=O) groups is 1. The van der Waals surface area contributed by atoms with Crippen molar-refractivity contribution >= 4 is 22.1 Å². The van der Waals surface area contributed by atoms with Gasteiger partial charge in [0.2, 0.25) is 0 Å². The number of carbonyl (C=O) groups excluding carboxylic acids is 1. The first kappa shape index (κ1) is 24.3. The molecule has 1 aromatic carbocycles. The van der Waals surface area contributed by atoms with Gasteiger partial charge in [0.15, 0.2) is 0 Å². The van der Waals surface area contributed by atoms with E-state index >= 15 is 0 Å². The van der Waals surface area contributed by atoms with E-state index in [9.17, 15) is 4.79 Å². The second-order valence-electron chi connectivity index (χ2n) is 9.40. The quantitative estimate of drug-likeness (QED) is 0.331. The standard InChI is InChI=1S/C24H36O2Si2/c1-18(2)28(19(3)4,20(5)6)16-14-22-12-11-21(13-15-27(8,9)10)17-23(22)24(25)26-7/h11-12,17-20H,1-10H3. The average Bonchev–Trinajstić information content (AvgIpc) is 2.58. The molecule has 0 aliphatic rings. The normalized spacial score (nSPS) is 11.8. The summed E-state index contributed by atoms with van der Waals surface area (Å²) >= 11 is 0. The Morgan fingerprint density at radius 2 is 1.43 bits per heavy atom. The fraction of sp³-hybridized carbons (Fsp3) is 0.542. The lowest BCUT2D eigenvalue weighted by atomic mass is 10.0. The van der Waals surface area contributed by atoms with Crippen LogP contribution in [-0.4, -0.2) is 29.2 Å². The molecule has 0 aromatic heterocycles. The Morgan fingerprint density at radius 3 is 1.86 bits per heavy atom. The average molecular weight is 413 g/mol. The third-order valence-corrected chi connectivity index (χ3v) is 12.5. The van der Waals surface area contributed by atoms with E-state index < -0.39 is 16.1 Å². The first-order valence-corrected chi connectivity index (χ1v) is 15.9. The van der Waals surface area contributed by atoms with Gasteiger partial charge in [-0.25, -0.2) is 4.79 Å². The third kappa shape index (κ3) is 5.87. The van der Waals surface area contributed by atoms with Crippen LogP contribution in [0, 0.1) is 22.9 Å². The molecular weight excluding hydrogens is 376 g/mol. The largest absolute Gasteiger partial charge is 0.465 e. The molecule has 0 unspecified atom stereocenters. The second kappa shape index (κ2) is 9.63. The number of esters is 1. The van der Waals surface area contributed by atoms with Crippen molar-refractivity contribution in [1.82, 2.24) is 0 Å². The molecule has 0 fully saturated rings. The summed E-state index contributed by atoms with van der Waals surface area (Å²) in [4.78, 5) is 12.4. The van der Waals surface area contributed by atoms with Crippen LogP contribution in [0.25, 0.3) is 0 Å². The fourth-order valence-electron chi connectivity index (χ4n) is 3.88. The maximum Gasteiger partial charge on any atom is 0.339 e. The van der Waals surface area contributed by atoms with Gasteiger partial charge in [-0.05, 0) is 34.8 Å². The predicted molar refractivity (Wildman–Crippen MR) is 126 cm³/mol. The van der Waals surface area contributed by atoms with E-state index in [4.69, 9.17) is 4.74 Å². The molecule has 2 nitrogen and oxygen atoms in total. The van der Waals surface area contributed by atoms with Crippen LogP contribution in [0.2, 0.25) is 36.3 Å². The molecule has 0 radical (unpaired) electrons. The molecule has 0 aliphatic heterocycles. The van der Waals surface area contributed by atoms with E-state index in [2.05, 4.69) is 84.1 Å². The van der Waals surface area contributed by atoms with Gasteiger partial charge in [-0.3, -0.25) is 0 Å². The maximum absolute atomic E-state index is 12.4. The Hall–Kier alpha value is -1.76. The Labute approximate surface area is 174 Å². The highest BCUT2D eigenvalue weighted by atomic mass is 28.3. The minimum Gasteiger partial charge on any atom is -0.465 e. The minimum absolute atomic E-state index is 0.355. The van der Waals surface area contributed by atoms with Crippen LogP contribution in [0.15, 0.2) is 18.2 Å². The van der Waals surface area contributed by atoms with Crippen molar-refractivity contribution in [1.29, 1.82) is 0 Å². The van der Waals surface area contributed by atoms with E-state index in [0.717, 1.165) is 11.1 Å². The second-order valence-corrected chi connectivity index (χ2v) is 19.7. The van der Waals surface area contributed by atoms with Crippen LogP contribution in [0.4, 0.5) is 0 Å². The van der Waals surface area contributed by atoms with E-state index in [1.165, 1.54) is 7.11 Å². The first-order valence-electron chi connectivity index (χ1n) is 10.1. The zero-order valence-electron chi connectivity index (χ0n) is 19.3. The zero-order chi connectivity index (χ0) is 21.7. The summed E-state index contributed by atoms with van der Waals surface area (Å²) in [5, 5.41) is 0. The van der Waals surface area contributed by atoms with Crippen LogP contribution in [0.5, 0.6) is 0 Å². The van der Waals surface area contributed by atoms with E-state index in [0.29, 0.717) is 22.2 Å². The van der Waals surface area contributed by atoms with Crippen molar-refractivity contribution in [3.8, 4) is 22.9 Å². The van der Waals surface area contributed by atoms with Gasteiger partial charge in [0.1, 0.15) is 16.1 Å². The molecule has 0 atom stereocenters. The van der Waals surface area contributed by atoms with E-state index in [-0.39, 0.29) is 5.97 Å². The highest BCUT2D eigenvalue weighted by Gasteiger charge is 2.41. The van der Waals surface area contributed by atoms with Crippen molar-refractivity contribution < 1.29 is 9.53 Å². The van der Waals surface area contributed by atoms with Crippen molar-refractivity contribution in [2.45, 2.75) is 77.8 Å². The third-order valence-electron chi connectivity index (χ3n) is 5.29. The number of ether oxygens (including phenoxy) is 1. The van der Waals surface area contributed by atoms with Crippen LogP contribution >= 0.6 is 0 Å². The van der Waals surface area contributed by atoms with Gasteiger partial charge in [0, 0.05) is 11.1 Å². The number of benzene rings is 1. The topological polar surface area (TPSA) is 26.3 Å². The lowest BCUT2D eigenvalue weighted by Crippen LogP contribution is -2.43. The van der Waals surface area contributed by atoms with E-state index in [1.54, 1.807) is 0 Å². The molecular formula is C24H36O2Si2. The summed E-state index contributed by atoms with van der Waals surface area (Å²) in [7, 11) is -1.94. The summed E-state index contributed by atoms with van der Waals surface area (Å²) in [6, 6.07) is 5.72. The van der Waals surface area contributed by atoms with Gasteiger partial charge < -0.3 is 4.74 Å². The SMILES string of the molecule is COC(=O)c1cc(C#C[Si](C)(C)C)ccc1C#C[Si](C(C)C)(C(C)C)C(C)C. The number of hydrogen-bond acceptors (Lipinski definition) is 2. The summed E-state index contributed by atoms with van der Waals surface area (Å²) in [5.41, 5.74) is 10.8. The van der Waals surface area contributed by atoms with Gasteiger partial charge in [-0.1, -0.05) is 73.0 Å². The van der Waals surface area contributed by atoms with Crippen molar-refractivity contribution in [3.63, 3.8) is 0 Å². The summed E-state index contributed by atoms with van der Waals surface area (Å²) in [6.07, 6.45) is 0. The molecule has 1 aromatic rings. The molecule has 28 heavy (non-hydrogen) atoms. The summed E-state index contributed by atoms with van der Waals surface area (Å²) < 4.78 is 5.02. The summed E-state index contributed by atoms with van der Waals surface area (Å²) in [5.74, 6) is 6.25. The summed E-state index contributed by atoms with van der Waals surface area (Å²) in [6.45, 7) is 20.3. The van der Waals surface area contributed by atoms with E-state index in [1.807, 2.05) is 18.2 Å². The molecule has 1 rings (SSSR count). The Bertz CT molecular complexity index is 800. The predicted octanol–water partition coefficient (Wildman–Crippen LogP) is 6.27. The Kier molecular flexibility index (Phi) is 8.35. The van der Waals surface area contributed by atoms with Gasteiger partial charge in [0.25, 0.3) is 0 Å². The highest BCUT2D eigenvalue weighted by Crippen LogP contribution is 2.40. The lowest BCUT2D eigenvalue weighted by Gasteiger charge is -2.38. The molecule has 0 saturated heterocycles. The minimum atomic E-state index is -1.87. The molecule has 4 heteroatoms. The molecule has 0 aliphatic carbocycles. The van der Waals surface area contributed by atoms with Gasteiger partial charge in [-0.15, -0.1) is 11.1 Å². The highest BCUT2D eigenvalue weighted by molar-refractivity contribution is 6.90. The monoisotopic (exact) mass is 412 g/mol. The maximum atomic E-state index is 12.4. The molecule has 0 saturated carbocycles. The van der Waals surface area contributed by atoms with Crippen molar-refractivity contribution in [2.24, 2.45) is 0 Å². The fourth-order valence-corrected chi connectivity index (χ4v) is 9.61. The number of hydrogen-bond donors (Lipinski definition) is 0. The van der Waals surface area contributed by atoms with Crippen LogP contribution < -0.4 is 0 Å². The molecule has 0 bridgehead atoms. The van der Waals surface area contributed by atoms with Gasteiger partial charge in [-0.2, -0.15) is 0 Å². The lowest BCUT2D eigenvalue weighted by molar-refractivity contribution is 0.0600. The molecule has 0 heterocycles. The first-order chi connectivity index (χ1) is 12.8. The zero-order valence-corrected chi connectivity index (χ0v) is 21.3. The van der Waals surface area contributed by atoms with Crippen molar-refractivity contribution in [2.75, 3.05) is 7.11 Å². The number of rotatable bonds is 4. The number of methoxy groups -OCH3 is 1. The molecule has 0 spiro atoms. The molecule has 0 amide bonds. The van der Waals surface area contributed by atoms with Crippen LogP contribution in [0.1, 0.15) is 63.0 Å². The smallest absolute Gasteiger partial charge is 0.339 e. The Balaban J connectivity index is 3.55. The van der Waals surface area contributed by atoms with Gasteiger partial charge >= 0.3 is 5.97 Å². The van der Waals surface area contributed by atoms with Crippen LogP contribution in [-0.2, 0) is 4.74 Å². The van der Waals surface area contributed by atoms with Crippen molar-refractivity contribution in [3.05, 3.63) is 34.9 Å². The molecule has 0 N–H and O–H groups in total. The Morgan fingerprint density at radius 1 is 0.893 bits per heavy atom.